The van der Waals surface area contributed by atoms with Gasteiger partial charge in [0.05, 0.1) is 18.8 Å². The van der Waals surface area contributed by atoms with E-state index in [9.17, 15) is 15.0 Å². The monoisotopic (exact) mass is 318 g/mol. The number of alkyl halides is 1. The Balaban J connectivity index is 3.14. The van der Waals surface area contributed by atoms with E-state index in [1.54, 1.807) is 0 Å². The zero-order valence-electron chi connectivity index (χ0n) is 9.84. The lowest BCUT2D eigenvalue weighted by molar-refractivity contribution is 0.0162. The van der Waals surface area contributed by atoms with Crippen molar-refractivity contribution in [2.24, 2.45) is 0 Å². The van der Waals surface area contributed by atoms with E-state index in [2.05, 4.69) is 15.9 Å². The number of carboxylic acid groups (broad SMARTS) is 1. The van der Waals surface area contributed by atoms with Gasteiger partial charge in [-0.2, -0.15) is 0 Å². The zero-order chi connectivity index (χ0) is 13.7. The van der Waals surface area contributed by atoms with E-state index in [1.807, 2.05) is 0 Å². The van der Waals surface area contributed by atoms with Crippen LogP contribution in [0.1, 0.15) is 28.4 Å². The third-order valence-electron chi connectivity index (χ3n) is 2.58. The number of carboxylic acids is 1. The van der Waals surface area contributed by atoms with Crippen molar-refractivity contribution in [1.82, 2.24) is 0 Å². The van der Waals surface area contributed by atoms with Crippen LogP contribution >= 0.6 is 15.9 Å². The second-order valence-electron chi connectivity index (χ2n) is 3.75. The second-order valence-corrected chi connectivity index (χ2v) is 4.54. The van der Waals surface area contributed by atoms with Gasteiger partial charge in [0.2, 0.25) is 0 Å². The van der Waals surface area contributed by atoms with E-state index in [-0.39, 0.29) is 11.1 Å². The average Bonchev–Trinajstić information content (AvgIpc) is 2.37. The van der Waals surface area contributed by atoms with Crippen LogP contribution in [0.3, 0.4) is 0 Å². The van der Waals surface area contributed by atoms with Crippen molar-refractivity contribution in [3.8, 4) is 5.75 Å². The van der Waals surface area contributed by atoms with Crippen LogP contribution in [0.5, 0.6) is 5.75 Å². The first-order valence-corrected chi connectivity index (χ1v) is 6.46. The van der Waals surface area contributed by atoms with Crippen molar-refractivity contribution >= 4 is 21.9 Å². The molecule has 0 aliphatic carbocycles. The molecular formula is C12H15BrO5. The molecular weight excluding hydrogens is 304 g/mol. The predicted molar refractivity (Wildman–Crippen MR) is 69.3 cm³/mol. The lowest BCUT2D eigenvalue weighted by Gasteiger charge is -2.19. The SMILES string of the molecule is COc1ccc(C(=O)O)c(C(O)C(O)CCBr)c1. The molecule has 0 aliphatic rings. The summed E-state index contributed by atoms with van der Waals surface area (Å²) in [5, 5.41) is 29.3. The summed E-state index contributed by atoms with van der Waals surface area (Å²) in [6.45, 7) is 0. The topological polar surface area (TPSA) is 87.0 Å². The lowest BCUT2D eigenvalue weighted by Crippen LogP contribution is -2.21. The van der Waals surface area contributed by atoms with E-state index in [0.717, 1.165) is 0 Å². The Morgan fingerprint density at radius 1 is 1.44 bits per heavy atom. The minimum absolute atomic E-state index is 0.0445. The maximum atomic E-state index is 11.1. The summed E-state index contributed by atoms with van der Waals surface area (Å²) in [5.41, 5.74) is 0.104. The number of aliphatic hydroxyl groups excluding tert-OH is 2. The summed E-state index contributed by atoms with van der Waals surface area (Å²) < 4.78 is 4.98. The maximum absolute atomic E-state index is 11.1. The Kier molecular flexibility index (Phi) is 5.58. The number of halogens is 1. The summed E-state index contributed by atoms with van der Waals surface area (Å²) >= 11 is 3.15. The quantitative estimate of drug-likeness (QED) is 0.693. The Labute approximate surface area is 113 Å². The smallest absolute Gasteiger partial charge is 0.336 e. The van der Waals surface area contributed by atoms with Gasteiger partial charge in [-0.15, -0.1) is 0 Å². The fourth-order valence-corrected chi connectivity index (χ4v) is 2.05. The van der Waals surface area contributed by atoms with Gasteiger partial charge in [-0.25, -0.2) is 4.79 Å². The minimum atomic E-state index is -1.26. The highest BCUT2D eigenvalue weighted by molar-refractivity contribution is 9.09. The molecule has 2 unspecified atom stereocenters. The highest BCUT2D eigenvalue weighted by Crippen LogP contribution is 2.27. The molecule has 0 aromatic heterocycles. The third kappa shape index (κ3) is 3.44. The molecule has 6 heteroatoms. The van der Waals surface area contributed by atoms with Gasteiger partial charge < -0.3 is 20.1 Å². The van der Waals surface area contributed by atoms with E-state index < -0.39 is 18.2 Å². The van der Waals surface area contributed by atoms with E-state index >= 15 is 0 Å². The number of benzene rings is 1. The van der Waals surface area contributed by atoms with Gasteiger partial charge in [0.1, 0.15) is 11.9 Å². The molecule has 1 rings (SSSR count). The van der Waals surface area contributed by atoms with Gasteiger partial charge in [-0.1, -0.05) is 15.9 Å². The highest BCUT2D eigenvalue weighted by atomic mass is 79.9. The average molecular weight is 319 g/mol. The van der Waals surface area contributed by atoms with E-state index in [0.29, 0.717) is 17.5 Å². The number of hydrogen-bond acceptors (Lipinski definition) is 4. The molecule has 0 saturated heterocycles. The summed E-state index contributed by atoms with van der Waals surface area (Å²) in [6.07, 6.45) is -1.98. The van der Waals surface area contributed by atoms with Gasteiger partial charge in [-0.05, 0) is 24.6 Å². The number of hydrogen-bond donors (Lipinski definition) is 3. The standard InChI is InChI=1S/C12H15BrO5/c1-18-7-2-3-8(12(16)17)9(6-7)11(15)10(14)4-5-13/h2-3,6,10-11,14-15H,4-5H2,1H3,(H,16,17). The van der Waals surface area contributed by atoms with Gasteiger partial charge in [0, 0.05) is 10.9 Å². The summed E-state index contributed by atoms with van der Waals surface area (Å²) in [6, 6.07) is 4.27. The molecule has 3 N–H and O–H groups in total. The third-order valence-corrected chi connectivity index (χ3v) is 3.03. The van der Waals surface area contributed by atoms with Crippen LogP contribution in [-0.4, -0.2) is 39.8 Å². The summed E-state index contributed by atoms with van der Waals surface area (Å²) in [7, 11) is 1.45. The number of aliphatic hydroxyl groups is 2. The van der Waals surface area contributed by atoms with Crippen molar-refractivity contribution < 1.29 is 24.9 Å². The van der Waals surface area contributed by atoms with Gasteiger partial charge in [-0.3, -0.25) is 0 Å². The van der Waals surface area contributed by atoms with Crippen LogP contribution in [0.15, 0.2) is 18.2 Å². The summed E-state index contributed by atoms with van der Waals surface area (Å²) in [4.78, 5) is 11.1. The van der Waals surface area contributed by atoms with Crippen LogP contribution in [0.25, 0.3) is 0 Å². The Bertz CT molecular complexity index is 421. The molecule has 0 heterocycles. The van der Waals surface area contributed by atoms with Crippen LogP contribution in [0.2, 0.25) is 0 Å². The molecule has 0 fully saturated rings. The number of carbonyl (C=O) groups is 1. The molecule has 0 saturated carbocycles. The lowest BCUT2D eigenvalue weighted by atomic mass is 9.97. The van der Waals surface area contributed by atoms with Crippen molar-refractivity contribution in [2.45, 2.75) is 18.6 Å². The van der Waals surface area contributed by atoms with Crippen LogP contribution in [0, 0.1) is 0 Å². The Morgan fingerprint density at radius 3 is 2.61 bits per heavy atom. The Hall–Kier alpha value is -1.11. The molecule has 100 valence electrons. The van der Waals surface area contributed by atoms with Gasteiger partial charge in [0.25, 0.3) is 0 Å². The first-order chi connectivity index (χ1) is 8.51. The number of aromatic carboxylic acids is 1. The first-order valence-electron chi connectivity index (χ1n) is 5.34. The molecule has 5 nitrogen and oxygen atoms in total. The van der Waals surface area contributed by atoms with Crippen molar-refractivity contribution in [3.63, 3.8) is 0 Å². The first kappa shape index (κ1) is 14.9. The van der Waals surface area contributed by atoms with Gasteiger partial charge in [0.15, 0.2) is 0 Å². The molecule has 0 spiro atoms. The maximum Gasteiger partial charge on any atom is 0.336 e. The highest BCUT2D eigenvalue weighted by Gasteiger charge is 2.23. The molecule has 0 amide bonds. The molecule has 0 radical (unpaired) electrons. The van der Waals surface area contributed by atoms with Gasteiger partial charge >= 0.3 is 5.97 Å². The molecule has 0 aliphatic heterocycles. The summed E-state index contributed by atoms with van der Waals surface area (Å²) in [5.74, 6) is -0.724. The number of methoxy groups -OCH3 is 1. The van der Waals surface area contributed by atoms with Crippen molar-refractivity contribution in [3.05, 3.63) is 29.3 Å². The molecule has 2 atom stereocenters. The fourth-order valence-electron chi connectivity index (χ4n) is 1.58. The largest absolute Gasteiger partial charge is 0.497 e. The minimum Gasteiger partial charge on any atom is -0.497 e. The second kappa shape index (κ2) is 6.72. The Morgan fingerprint density at radius 2 is 2.11 bits per heavy atom. The molecule has 1 aromatic carbocycles. The number of ether oxygens (including phenoxy) is 1. The van der Waals surface area contributed by atoms with Crippen LogP contribution in [0.4, 0.5) is 0 Å². The van der Waals surface area contributed by atoms with E-state index in [4.69, 9.17) is 9.84 Å². The van der Waals surface area contributed by atoms with Crippen molar-refractivity contribution in [1.29, 1.82) is 0 Å². The fraction of sp³-hybridized carbons (Fsp3) is 0.417. The normalized spacial score (nSPS) is 14.0. The number of rotatable bonds is 6. The van der Waals surface area contributed by atoms with Crippen LogP contribution < -0.4 is 4.74 Å². The molecule has 1 aromatic rings. The molecule has 18 heavy (non-hydrogen) atoms. The van der Waals surface area contributed by atoms with Crippen molar-refractivity contribution in [2.75, 3.05) is 12.4 Å². The zero-order valence-corrected chi connectivity index (χ0v) is 11.4. The molecule has 0 bridgehead atoms. The predicted octanol–water partition coefficient (Wildman–Crippen LogP) is 1.57. The van der Waals surface area contributed by atoms with E-state index in [1.165, 1.54) is 25.3 Å². The van der Waals surface area contributed by atoms with Crippen LogP contribution in [-0.2, 0) is 0 Å².